The molecule has 1 saturated heterocycles. The van der Waals surface area contributed by atoms with Gasteiger partial charge in [0.1, 0.15) is 23.3 Å². The topological polar surface area (TPSA) is 83.0 Å². The standard InChI is InChI=1S/C25H20FN5O3S/c1-15-11-17(13-28-21(15)27-2)30-23(33)25(8-4-9-25)31(24(30)35)16-6-7-19(20(26)12-16)22(32)29-14-18-5-3-10-34-18/h3,5-7,10-13H,4,8-9,14H2,1H3,(H,29,32). The van der Waals surface area contributed by atoms with Crippen LogP contribution in [-0.2, 0) is 11.3 Å². The third-order valence-electron chi connectivity index (χ3n) is 6.45. The fourth-order valence-electron chi connectivity index (χ4n) is 4.50. The van der Waals surface area contributed by atoms with Crippen molar-refractivity contribution < 1.29 is 18.4 Å². The Balaban J connectivity index is 1.44. The molecule has 3 aromatic rings. The number of benzene rings is 1. The van der Waals surface area contributed by atoms with E-state index in [2.05, 4.69) is 15.1 Å². The van der Waals surface area contributed by atoms with Crippen LogP contribution >= 0.6 is 12.2 Å². The molecule has 0 radical (unpaired) electrons. The molecule has 1 aliphatic heterocycles. The summed E-state index contributed by atoms with van der Waals surface area (Å²) in [5, 5.41) is 2.84. The molecule has 0 bridgehead atoms. The molecule has 10 heteroatoms. The molecule has 35 heavy (non-hydrogen) atoms. The molecule has 1 aliphatic carbocycles. The maximum atomic E-state index is 15.1. The van der Waals surface area contributed by atoms with Gasteiger partial charge in [0.05, 0.1) is 24.1 Å². The number of hydrogen-bond donors (Lipinski definition) is 1. The van der Waals surface area contributed by atoms with Gasteiger partial charge >= 0.3 is 0 Å². The lowest BCUT2D eigenvalue weighted by molar-refractivity contribution is -0.123. The van der Waals surface area contributed by atoms with Crippen LogP contribution in [0.2, 0.25) is 0 Å². The Kier molecular flexibility index (Phi) is 5.57. The van der Waals surface area contributed by atoms with Crippen LogP contribution in [0.1, 0.15) is 40.9 Å². The Morgan fingerprint density at radius 3 is 2.71 bits per heavy atom. The Bertz CT molecular complexity index is 1390. The number of nitrogens with one attached hydrogen (secondary N) is 1. The number of carbonyl (C=O) groups excluding carboxylic acids is 2. The van der Waals surface area contributed by atoms with Crippen LogP contribution in [0.3, 0.4) is 0 Å². The number of amides is 2. The highest BCUT2D eigenvalue weighted by molar-refractivity contribution is 7.81. The molecule has 1 spiro atoms. The molecule has 1 N–H and O–H groups in total. The molecular formula is C25H20FN5O3S. The molecule has 5 rings (SSSR count). The molecule has 1 aromatic carbocycles. The van der Waals surface area contributed by atoms with Gasteiger partial charge in [0.2, 0.25) is 0 Å². The van der Waals surface area contributed by atoms with Gasteiger partial charge < -0.3 is 19.5 Å². The second-order valence-electron chi connectivity index (χ2n) is 8.52. The van der Waals surface area contributed by atoms with Gasteiger partial charge in [0.15, 0.2) is 5.11 Å². The minimum absolute atomic E-state index is 0.120. The number of carbonyl (C=O) groups is 2. The molecule has 2 amide bonds. The fourth-order valence-corrected chi connectivity index (χ4v) is 4.97. The van der Waals surface area contributed by atoms with E-state index in [4.69, 9.17) is 23.2 Å². The minimum atomic E-state index is -0.904. The monoisotopic (exact) mass is 489 g/mol. The molecule has 2 aromatic heterocycles. The van der Waals surface area contributed by atoms with Crippen molar-refractivity contribution in [3.05, 3.63) is 83.0 Å². The summed E-state index contributed by atoms with van der Waals surface area (Å²) in [7, 11) is 0. The number of thiocarbonyl (C=S) groups is 1. The average Bonchev–Trinajstić information content (AvgIpc) is 3.41. The van der Waals surface area contributed by atoms with E-state index in [-0.39, 0.29) is 28.9 Å². The molecule has 2 fully saturated rings. The molecular weight excluding hydrogens is 469 g/mol. The van der Waals surface area contributed by atoms with Crippen LogP contribution in [0, 0.1) is 19.3 Å². The first-order valence-corrected chi connectivity index (χ1v) is 11.4. The molecule has 3 heterocycles. The smallest absolute Gasteiger partial charge is 0.272 e. The first kappa shape index (κ1) is 22.7. The Labute approximate surface area is 206 Å². The number of aryl methyl sites for hydroxylation is 1. The zero-order valence-corrected chi connectivity index (χ0v) is 19.6. The van der Waals surface area contributed by atoms with E-state index in [1.807, 2.05) is 0 Å². The van der Waals surface area contributed by atoms with E-state index < -0.39 is 17.3 Å². The van der Waals surface area contributed by atoms with Gasteiger partial charge in [0, 0.05) is 5.69 Å². The Hall–Kier alpha value is -4.10. The van der Waals surface area contributed by atoms with Gasteiger partial charge in [-0.2, -0.15) is 0 Å². The van der Waals surface area contributed by atoms with Gasteiger partial charge in [0.25, 0.3) is 17.6 Å². The highest BCUT2D eigenvalue weighted by Crippen LogP contribution is 2.48. The summed E-state index contributed by atoms with van der Waals surface area (Å²) in [4.78, 5) is 36.7. The molecule has 2 aliphatic rings. The van der Waals surface area contributed by atoms with Crippen molar-refractivity contribution in [2.45, 2.75) is 38.3 Å². The average molecular weight is 490 g/mol. The second kappa shape index (κ2) is 8.60. The van der Waals surface area contributed by atoms with Crippen molar-refractivity contribution in [3.8, 4) is 0 Å². The number of pyridine rings is 1. The van der Waals surface area contributed by atoms with Crippen molar-refractivity contribution in [2.75, 3.05) is 9.80 Å². The van der Waals surface area contributed by atoms with Crippen LogP contribution < -0.4 is 15.1 Å². The zero-order valence-electron chi connectivity index (χ0n) is 18.7. The first-order chi connectivity index (χ1) is 16.9. The SMILES string of the molecule is [C-]#[N+]c1ncc(N2C(=O)C3(CCC3)N(c3ccc(C(=O)NCc4ccco4)c(F)c3)C2=S)cc1C. The number of furan rings is 1. The number of rotatable bonds is 5. The summed E-state index contributed by atoms with van der Waals surface area (Å²) < 4.78 is 20.3. The lowest BCUT2D eigenvalue weighted by atomic mass is 9.75. The Morgan fingerprint density at radius 1 is 1.31 bits per heavy atom. The number of anilines is 2. The van der Waals surface area contributed by atoms with Gasteiger partial charge in [-0.25, -0.2) is 4.39 Å². The van der Waals surface area contributed by atoms with Gasteiger partial charge in [-0.05, 0) is 80.4 Å². The molecule has 176 valence electrons. The zero-order chi connectivity index (χ0) is 24.7. The summed E-state index contributed by atoms with van der Waals surface area (Å²) in [5.41, 5.74) is 0.469. The number of hydrogen-bond acceptors (Lipinski definition) is 5. The second-order valence-corrected chi connectivity index (χ2v) is 8.88. The fraction of sp³-hybridized carbons (Fsp3) is 0.240. The van der Waals surface area contributed by atoms with Crippen molar-refractivity contribution in [3.63, 3.8) is 0 Å². The molecule has 1 saturated carbocycles. The molecule has 8 nitrogen and oxygen atoms in total. The van der Waals surface area contributed by atoms with Crippen LogP contribution in [0.5, 0.6) is 0 Å². The van der Waals surface area contributed by atoms with Crippen LogP contribution in [0.25, 0.3) is 4.85 Å². The summed E-state index contributed by atoms with van der Waals surface area (Å²) in [6.07, 6.45) is 4.92. The summed E-state index contributed by atoms with van der Waals surface area (Å²) in [5.74, 6) is -0.693. The van der Waals surface area contributed by atoms with Gasteiger partial charge in [-0.15, -0.1) is 4.98 Å². The van der Waals surface area contributed by atoms with E-state index in [1.54, 1.807) is 36.1 Å². The van der Waals surface area contributed by atoms with Gasteiger partial charge in [-0.1, -0.05) is 6.57 Å². The van der Waals surface area contributed by atoms with E-state index in [0.717, 1.165) is 6.42 Å². The van der Waals surface area contributed by atoms with E-state index in [9.17, 15) is 9.59 Å². The maximum Gasteiger partial charge on any atom is 0.272 e. The maximum absolute atomic E-state index is 15.1. The summed E-state index contributed by atoms with van der Waals surface area (Å²) >= 11 is 5.70. The quantitative estimate of drug-likeness (QED) is 0.415. The first-order valence-electron chi connectivity index (χ1n) is 11.0. The lowest BCUT2D eigenvalue weighted by Gasteiger charge is -2.43. The largest absolute Gasteiger partial charge is 0.467 e. The third kappa shape index (κ3) is 3.65. The third-order valence-corrected chi connectivity index (χ3v) is 6.82. The van der Waals surface area contributed by atoms with E-state index in [1.165, 1.54) is 29.5 Å². The van der Waals surface area contributed by atoms with Crippen molar-refractivity contribution in [1.82, 2.24) is 10.3 Å². The highest BCUT2D eigenvalue weighted by atomic mass is 32.1. The van der Waals surface area contributed by atoms with Crippen LogP contribution in [0.15, 0.2) is 53.3 Å². The number of halogens is 1. The molecule has 0 atom stereocenters. The van der Waals surface area contributed by atoms with Crippen molar-refractivity contribution in [2.24, 2.45) is 0 Å². The number of nitrogens with zero attached hydrogens (tertiary/aromatic N) is 4. The van der Waals surface area contributed by atoms with Crippen LogP contribution in [-0.4, -0.2) is 27.4 Å². The highest BCUT2D eigenvalue weighted by Gasteiger charge is 2.59. The van der Waals surface area contributed by atoms with Crippen molar-refractivity contribution >= 4 is 46.3 Å². The van der Waals surface area contributed by atoms with Crippen molar-refractivity contribution in [1.29, 1.82) is 0 Å². The summed E-state index contributed by atoms with van der Waals surface area (Å²) in [6.45, 7) is 9.08. The van der Waals surface area contributed by atoms with Crippen LogP contribution in [0.4, 0.5) is 21.6 Å². The Morgan fingerprint density at radius 2 is 2.11 bits per heavy atom. The van der Waals surface area contributed by atoms with Gasteiger partial charge in [-0.3, -0.25) is 14.5 Å². The lowest BCUT2D eigenvalue weighted by Crippen LogP contribution is -2.55. The minimum Gasteiger partial charge on any atom is -0.467 e. The normalized spacial score (nSPS) is 16.4. The summed E-state index contributed by atoms with van der Waals surface area (Å²) in [6, 6.07) is 9.33. The molecule has 0 unspecified atom stereocenters. The van der Waals surface area contributed by atoms with E-state index in [0.29, 0.717) is 35.5 Å². The van der Waals surface area contributed by atoms with E-state index >= 15 is 4.39 Å². The predicted octanol–water partition coefficient (Wildman–Crippen LogP) is 4.66. The predicted molar refractivity (Wildman–Crippen MR) is 131 cm³/mol. The number of aromatic nitrogens is 1.